The number of hydrogen-bond donors (Lipinski definition) is 0. The van der Waals surface area contributed by atoms with E-state index in [4.69, 9.17) is 0 Å². The van der Waals surface area contributed by atoms with Crippen LogP contribution in [0.25, 0.3) is 0 Å². The minimum Gasteiger partial charge on any atom is -0.499 e. The Morgan fingerprint density at radius 3 is 0.864 bits per heavy atom. The Hall–Kier alpha value is -1.10. The first-order valence-electron chi connectivity index (χ1n) is 6.64. The van der Waals surface area contributed by atoms with Crippen LogP contribution >= 0.6 is 47.8 Å². The molecule has 3 rings (SSSR count). The Morgan fingerprint density at radius 1 is 0.409 bits per heavy atom. The third-order valence-electron chi connectivity index (χ3n) is 3.15. The summed E-state index contributed by atoms with van der Waals surface area (Å²) >= 11 is 10.5. The van der Waals surface area contributed by atoms with Gasteiger partial charge in [0.05, 0.1) is 0 Å². The zero-order valence-corrected chi connectivity index (χ0v) is 16.2. The molecule has 3 aromatic rings. The summed E-state index contributed by atoms with van der Waals surface area (Å²) in [6, 6.07) is 24.6. The van der Waals surface area contributed by atoms with Crippen molar-refractivity contribution >= 4 is 47.8 Å². The van der Waals surface area contributed by atoms with Gasteiger partial charge in [0.2, 0.25) is 0 Å². The van der Waals surface area contributed by atoms with Gasteiger partial charge in [-0.25, -0.2) is 0 Å². The fourth-order valence-electron chi connectivity index (χ4n) is 2.12. The monoisotopic (exact) mass is 481 g/mol. The van der Waals surface area contributed by atoms with E-state index in [-0.39, 0.29) is 0 Å². The SMILES string of the molecule is Brc1ccc([O+](c2ccc(Br)cc2)c2ccc(Br)cc2)cc1. The smallest absolute Gasteiger partial charge is 0.267 e. The molecule has 22 heavy (non-hydrogen) atoms. The highest BCUT2D eigenvalue weighted by Crippen LogP contribution is 2.40. The van der Waals surface area contributed by atoms with E-state index in [0.717, 1.165) is 30.7 Å². The number of rotatable bonds is 3. The van der Waals surface area contributed by atoms with Gasteiger partial charge in [-0.05, 0) is 36.4 Å². The van der Waals surface area contributed by atoms with Crippen LogP contribution in [0.5, 0.6) is 17.2 Å². The summed E-state index contributed by atoms with van der Waals surface area (Å²) in [5.41, 5.74) is 0. The maximum Gasteiger partial charge on any atom is 0.267 e. The normalized spacial score (nSPS) is 10.5. The average Bonchev–Trinajstić information content (AvgIpc) is 2.53. The van der Waals surface area contributed by atoms with Crippen molar-refractivity contribution in [2.45, 2.75) is 0 Å². The first kappa shape index (κ1) is 15.8. The highest BCUT2D eigenvalue weighted by Gasteiger charge is 2.19. The molecule has 0 unspecified atom stereocenters. The van der Waals surface area contributed by atoms with Crippen LogP contribution in [0.4, 0.5) is 0 Å². The first-order chi connectivity index (χ1) is 10.6. The molecule has 0 aliphatic heterocycles. The van der Waals surface area contributed by atoms with Crippen LogP contribution in [0.3, 0.4) is 0 Å². The second-order valence-corrected chi connectivity index (χ2v) is 7.41. The van der Waals surface area contributed by atoms with Crippen LogP contribution in [0.1, 0.15) is 0 Å². The van der Waals surface area contributed by atoms with E-state index in [0.29, 0.717) is 0 Å². The molecule has 0 spiro atoms. The fraction of sp³-hybridized carbons (Fsp3) is 0. The second-order valence-electron chi connectivity index (χ2n) is 4.67. The first-order valence-corrected chi connectivity index (χ1v) is 9.02. The van der Waals surface area contributed by atoms with Crippen LogP contribution in [0, 0.1) is 0 Å². The van der Waals surface area contributed by atoms with Gasteiger partial charge in [-0.2, -0.15) is 0 Å². The Labute approximate surface area is 155 Å². The van der Waals surface area contributed by atoms with Gasteiger partial charge in [-0.1, -0.05) is 47.8 Å². The summed E-state index contributed by atoms with van der Waals surface area (Å²) in [4.78, 5) is 0. The maximum absolute atomic E-state index is 3.49. The van der Waals surface area contributed by atoms with E-state index in [1.165, 1.54) is 0 Å². The molecule has 4 heteroatoms. The van der Waals surface area contributed by atoms with Crippen LogP contribution in [0.15, 0.2) is 86.2 Å². The van der Waals surface area contributed by atoms with Gasteiger partial charge in [0, 0.05) is 49.8 Å². The lowest BCUT2D eigenvalue weighted by Crippen LogP contribution is -2.05. The Balaban J connectivity index is 2.10. The van der Waals surface area contributed by atoms with Crippen LogP contribution in [0.2, 0.25) is 0 Å². The predicted molar refractivity (Wildman–Crippen MR) is 102 cm³/mol. The van der Waals surface area contributed by atoms with Crippen molar-refractivity contribution in [2.75, 3.05) is 0 Å². The molecule has 0 saturated heterocycles. The van der Waals surface area contributed by atoms with Gasteiger partial charge >= 0.3 is 0 Å². The summed E-state index contributed by atoms with van der Waals surface area (Å²) in [6.07, 6.45) is 0. The van der Waals surface area contributed by atoms with E-state index < -0.39 is 0 Å². The van der Waals surface area contributed by atoms with Crippen molar-refractivity contribution in [1.82, 2.24) is 0 Å². The molecule has 0 bridgehead atoms. The molecule has 0 N–H and O–H groups in total. The lowest BCUT2D eigenvalue weighted by Gasteiger charge is -2.22. The molecule has 0 atom stereocenters. The van der Waals surface area contributed by atoms with E-state index in [1.807, 2.05) is 36.4 Å². The summed E-state index contributed by atoms with van der Waals surface area (Å²) in [7, 11) is 0. The lowest BCUT2D eigenvalue weighted by atomic mass is 10.3. The molecule has 0 saturated carbocycles. The molecule has 3 aromatic carbocycles. The molecule has 0 radical (unpaired) electrons. The van der Waals surface area contributed by atoms with E-state index >= 15 is 0 Å². The Bertz CT molecular complexity index is 642. The summed E-state index contributed by atoms with van der Waals surface area (Å²) in [5.74, 6) is 3.11. The largest absolute Gasteiger partial charge is 0.499 e. The van der Waals surface area contributed by atoms with E-state index in [2.05, 4.69) is 88.6 Å². The summed E-state index contributed by atoms with van der Waals surface area (Å²) in [5, 5.41) is 0. The van der Waals surface area contributed by atoms with Gasteiger partial charge in [0.25, 0.3) is 17.2 Å². The van der Waals surface area contributed by atoms with Gasteiger partial charge in [-0.15, -0.1) is 0 Å². The zero-order valence-electron chi connectivity index (χ0n) is 11.5. The van der Waals surface area contributed by atoms with Crippen molar-refractivity contribution < 1.29 is 4.37 Å². The number of hydrogen-bond acceptors (Lipinski definition) is 0. The molecule has 0 amide bonds. The standard InChI is InChI=1S/C18H12Br3O/c19-13-1-7-16(8-2-13)22(17-9-3-14(20)4-10-17)18-11-5-15(21)6-12-18/h1-12H/q+1. The number of halogens is 3. The molecule has 0 heterocycles. The van der Waals surface area contributed by atoms with Crippen molar-refractivity contribution in [1.29, 1.82) is 0 Å². The molecule has 0 aliphatic rings. The van der Waals surface area contributed by atoms with Crippen LogP contribution in [-0.2, 0) is 0 Å². The van der Waals surface area contributed by atoms with Crippen LogP contribution < -0.4 is 4.37 Å². The van der Waals surface area contributed by atoms with Crippen molar-refractivity contribution in [3.05, 3.63) is 86.2 Å². The van der Waals surface area contributed by atoms with E-state index in [9.17, 15) is 0 Å². The molecule has 110 valence electrons. The molecule has 0 fully saturated rings. The second kappa shape index (κ2) is 6.99. The molecule has 1 nitrogen and oxygen atoms in total. The van der Waals surface area contributed by atoms with Gasteiger partial charge in [0.15, 0.2) is 0 Å². The Morgan fingerprint density at radius 2 is 0.636 bits per heavy atom. The molecule has 0 aromatic heterocycles. The lowest BCUT2D eigenvalue weighted by molar-refractivity contribution is 0.232. The molecular weight excluding hydrogens is 472 g/mol. The van der Waals surface area contributed by atoms with Crippen LogP contribution in [-0.4, -0.2) is 0 Å². The van der Waals surface area contributed by atoms with Crippen molar-refractivity contribution in [2.24, 2.45) is 0 Å². The van der Waals surface area contributed by atoms with Gasteiger partial charge in [0.1, 0.15) is 0 Å². The highest BCUT2D eigenvalue weighted by molar-refractivity contribution is 9.11. The maximum atomic E-state index is 3.49. The van der Waals surface area contributed by atoms with Gasteiger partial charge < -0.3 is 4.37 Å². The minimum atomic E-state index is 1.04. The minimum absolute atomic E-state index is 1.04. The van der Waals surface area contributed by atoms with Gasteiger partial charge in [-0.3, -0.25) is 0 Å². The highest BCUT2D eigenvalue weighted by atomic mass is 79.9. The molecule has 0 aliphatic carbocycles. The van der Waals surface area contributed by atoms with Crippen molar-refractivity contribution in [3.63, 3.8) is 0 Å². The zero-order chi connectivity index (χ0) is 15.5. The number of benzene rings is 3. The van der Waals surface area contributed by atoms with Crippen molar-refractivity contribution in [3.8, 4) is 17.2 Å². The third kappa shape index (κ3) is 3.62. The summed E-state index contributed by atoms with van der Waals surface area (Å²) in [6.45, 7) is 0. The fourth-order valence-corrected chi connectivity index (χ4v) is 2.91. The molecular formula is C18H12Br3O+. The topological polar surface area (TPSA) is 2.70 Å². The third-order valence-corrected chi connectivity index (χ3v) is 4.73. The predicted octanol–water partition coefficient (Wildman–Crippen LogP) is 7.72. The summed E-state index contributed by atoms with van der Waals surface area (Å²) < 4.78 is 6.40. The van der Waals surface area contributed by atoms with E-state index in [1.54, 1.807) is 0 Å². The Kier molecular flexibility index (Phi) is 5.01. The quantitative estimate of drug-likeness (QED) is 0.335. The average molecular weight is 484 g/mol.